The molecule has 0 spiro atoms. The maximum absolute atomic E-state index is 14.2. The van der Waals surface area contributed by atoms with Crippen molar-refractivity contribution in [2.45, 2.75) is 206 Å². The van der Waals surface area contributed by atoms with Gasteiger partial charge in [0, 0.05) is 37.3 Å². The van der Waals surface area contributed by atoms with Crippen molar-refractivity contribution < 1.29 is 63.5 Å². The van der Waals surface area contributed by atoms with Crippen LogP contribution in [0, 0.1) is 29.1 Å². The normalized spacial score (nSPS) is 46.7. The topological polar surface area (TPSA) is 194 Å². The van der Waals surface area contributed by atoms with Gasteiger partial charge in [0.25, 0.3) is 0 Å². The average molecular weight is 804 g/mol. The molecule has 3 aliphatic heterocycles. The first kappa shape index (κ1) is 49.1. The molecule has 14 heteroatoms. The standard InChI is InChI=1S/C42H77NO13/c1-16-29-42(13,50)34(46)24(4)31(44)22(2)20-40(11,49)36(56-38-32(45)28(19-23(3)52-38)43(14)18-17-39(8,9)10)25(5)33(26(6)37(48)54-29)55-30-21-41(12,51-15)35(47)27(7)53-30/h22-30,32-36,38,45-47,49-50H,16-21H2,1-15H3/t22-,23-,24+,25+,26-,27+,28+,29-,30+,32-,33+,34-,35+,36-,38+,40-,41-,42-/m1/s1. The van der Waals surface area contributed by atoms with Crippen molar-refractivity contribution >= 4 is 11.8 Å². The zero-order valence-corrected chi connectivity index (χ0v) is 36.9. The molecule has 5 N–H and O–H groups in total. The number of carbonyl (C=O) groups excluding carboxylic acids is 2. The number of aliphatic hydroxyl groups excluding tert-OH is 3. The third kappa shape index (κ3) is 11.3. The van der Waals surface area contributed by atoms with E-state index >= 15 is 0 Å². The summed E-state index contributed by atoms with van der Waals surface area (Å²) in [5.74, 6) is -5.00. The molecule has 18 atom stereocenters. The number of rotatable bonds is 9. The van der Waals surface area contributed by atoms with Crippen LogP contribution in [0.4, 0.5) is 0 Å². The molecule has 0 amide bonds. The number of likely N-dealkylation sites (N-methyl/N-ethyl adjacent to an activating group) is 1. The molecule has 0 aromatic heterocycles. The highest BCUT2D eigenvalue weighted by Gasteiger charge is 2.53. The molecule has 3 saturated heterocycles. The fourth-order valence-corrected chi connectivity index (χ4v) is 9.01. The molecule has 328 valence electrons. The van der Waals surface area contributed by atoms with Crippen molar-refractivity contribution in [2.75, 3.05) is 20.7 Å². The number of Topliss-reactive ketones (excluding diaryl/α,β-unsaturated/α-hetero) is 1. The zero-order chi connectivity index (χ0) is 42.9. The minimum atomic E-state index is -2.00. The number of ketones is 1. The number of nitrogens with zero attached hydrogens (tertiary/aromatic N) is 1. The molecule has 14 nitrogen and oxygen atoms in total. The molecule has 0 aromatic carbocycles. The maximum atomic E-state index is 14.2. The highest BCUT2D eigenvalue weighted by molar-refractivity contribution is 5.83. The Hall–Kier alpha value is -1.30. The monoisotopic (exact) mass is 804 g/mol. The summed E-state index contributed by atoms with van der Waals surface area (Å²) in [6.07, 6.45) is -8.90. The first-order valence-electron chi connectivity index (χ1n) is 20.7. The van der Waals surface area contributed by atoms with Gasteiger partial charge in [0.1, 0.15) is 29.7 Å². The predicted molar refractivity (Wildman–Crippen MR) is 209 cm³/mol. The molecule has 3 fully saturated rings. The number of ether oxygens (including phenoxy) is 6. The number of cyclic esters (lactones) is 1. The lowest BCUT2D eigenvalue weighted by atomic mass is 9.74. The summed E-state index contributed by atoms with van der Waals surface area (Å²) in [7, 11) is 3.45. The van der Waals surface area contributed by atoms with E-state index in [9.17, 15) is 35.1 Å². The Morgan fingerprint density at radius 3 is 2.05 bits per heavy atom. The Morgan fingerprint density at radius 2 is 1.50 bits per heavy atom. The van der Waals surface area contributed by atoms with E-state index in [1.807, 2.05) is 14.0 Å². The van der Waals surface area contributed by atoms with E-state index in [0.29, 0.717) is 6.42 Å². The van der Waals surface area contributed by atoms with Gasteiger partial charge in [-0.05, 0) is 86.2 Å². The second-order valence-electron chi connectivity index (χ2n) is 19.3. The molecule has 0 aliphatic carbocycles. The second kappa shape index (κ2) is 19.0. The predicted octanol–water partition coefficient (Wildman–Crippen LogP) is 3.59. The Morgan fingerprint density at radius 1 is 0.893 bits per heavy atom. The van der Waals surface area contributed by atoms with Crippen LogP contribution in [0.2, 0.25) is 0 Å². The van der Waals surface area contributed by atoms with Gasteiger partial charge in [-0.25, -0.2) is 0 Å². The highest BCUT2D eigenvalue weighted by Crippen LogP contribution is 2.41. The van der Waals surface area contributed by atoms with Crippen molar-refractivity contribution in [2.24, 2.45) is 29.1 Å². The van der Waals surface area contributed by atoms with Gasteiger partial charge in [-0.15, -0.1) is 0 Å². The summed E-state index contributed by atoms with van der Waals surface area (Å²) in [4.78, 5) is 30.3. The van der Waals surface area contributed by atoms with E-state index in [4.69, 9.17) is 28.4 Å². The number of esters is 1. The van der Waals surface area contributed by atoms with E-state index in [1.54, 1.807) is 41.5 Å². The van der Waals surface area contributed by atoms with Crippen LogP contribution >= 0.6 is 0 Å². The van der Waals surface area contributed by atoms with Crippen LogP contribution in [0.15, 0.2) is 0 Å². The zero-order valence-electron chi connectivity index (χ0n) is 36.9. The quantitative estimate of drug-likeness (QED) is 0.212. The van der Waals surface area contributed by atoms with Crippen molar-refractivity contribution in [1.29, 1.82) is 0 Å². The van der Waals surface area contributed by atoms with Crippen molar-refractivity contribution in [3.8, 4) is 0 Å². The van der Waals surface area contributed by atoms with Crippen LogP contribution in [0.3, 0.4) is 0 Å². The van der Waals surface area contributed by atoms with Gasteiger partial charge in [-0.2, -0.15) is 0 Å². The summed E-state index contributed by atoms with van der Waals surface area (Å²) >= 11 is 0. The number of carbonyl (C=O) groups is 2. The molecule has 0 bridgehead atoms. The summed E-state index contributed by atoms with van der Waals surface area (Å²) < 4.78 is 37.5. The Labute approximate surface area is 335 Å². The van der Waals surface area contributed by atoms with Crippen LogP contribution < -0.4 is 0 Å². The van der Waals surface area contributed by atoms with Gasteiger partial charge < -0.3 is 58.9 Å². The van der Waals surface area contributed by atoms with Gasteiger partial charge >= 0.3 is 5.97 Å². The SMILES string of the molecule is CC[C@H]1OC(=O)[C@H](C)[C@@H](O[C@H]2C[C@@](C)(OC)[C@@H](O)[C@H](C)O2)[C@H](C)[C@@H](O[C@@H]2O[C@H](C)C[C@H](N(C)CCC(C)(C)C)[C@H]2O)[C@](C)(O)C[C@@H](C)C(=O)[C@H](C)[C@@H](O)[C@]1(C)O. The van der Waals surface area contributed by atoms with Crippen molar-refractivity contribution in [3.05, 3.63) is 0 Å². The molecular weight excluding hydrogens is 726 g/mol. The fourth-order valence-electron chi connectivity index (χ4n) is 9.01. The van der Waals surface area contributed by atoms with Gasteiger partial charge in [0.2, 0.25) is 0 Å². The molecule has 3 aliphatic rings. The van der Waals surface area contributed by atoms with Crippen LogP contribution in [-0.2, 0) is 38.0 Å². The molecule has 56 heavy (non-hydrogen) atoms. The molecule has 3 heterocycles. The van der Waals surface area contributed by atoms with Crippen LogP contribution in [-0.4, -0.2) is 147 Å². The summed E-state index contributed by atoms with van der Waals surface area (Å²) in [6.45, 7) is 23.7. The van der Waals surface area contributed by atoms with Crippen LogP contribution in [0.5, 0.6) is 0 Å². The highest BCUT2D eigenvalue weighted by atomic mass is 16.7. The first-order valence-corrected chi connectivity index (χ1v) is 20.7. The maximum Gasteiger partial charge on any atom is 0.311 e. The summed E-state index contributed by atoms with van der Waals surface area (Å²) in [5, 5.41) is 58.4. The van der Waals surface area contributed by atoms with E-state index in [2.05, 4.69) is 25.7 Å². The summed E-state index contributed by atoms with van der Waals surface area (Å²) in [5.41, 5.74) is -4.79. The van der Waals surface area contributed by atoms with E-state index in [-0.39, 0.29) is 36.8 Å². The van der Waals surface area contributed by atoms with Crippen molar-refractivity contribution in [3.63, 3.8) is 0 Å². The number of aliphatic hydroxyl groups is 5. The second-order valence-corrected chi connectivity index (χ2v) is 19.3. The lowest BCUT2D eigenvalue weighted by Gasteiger charge is -2.49. The third-order valence-electron chi connectivity index (χ3n) is 12.9. The largest absolute Gasteiger partial charge is 0.459 e. The number of hydrogen-bond donors (Lipinski definition) is 5. The molecule has 0 unspecified atom stereocenters. The lowest BCUT2D eigenvalue weighted by Crippen LogP contribution is -2.61. The van der Waals surface area contributed by atoms with Crippen LogP contribution in [0.1, 0.15) is 122 Å². The van der Waals surface area contributed by atoms with Gasteiger partial charge in [-0.1, -0.05) is 48.5 Å². The van der Waals surface area contributed by atoms with E-state index < -0.39 is 108 Å². The van der Waals surface area contributed by atoms with E-state index in [1.165, 1.54) is 27.9 Å². The molecule has 0 aromatic rings. The summed E-state index contributed by atoms with van der Waals surface area (Å²) in [6, 6.07) is -0.331. The van der Waals surface area contributed by atoms with Gasteiger partial charge in [0.05, 0.1) is 47.6 Å². The van der Waals surface area contributed by atoms with Gasteiger partial charge in [-0.3, -0.25) is 9.59 Å². The Balaban J connectivity index is 2.16. The molecule has 0 saturated carbocycles. The molecule has 0 radical (unpaired) electrons. The smallest absolute Gasteiger partial charge is 0.311 e. The number of hydrogen-bond acceptors (Lipinski definition) is 14. The molecule has 3 rings (SSSR count). The lowest BCUT2D eigenvalue weighted by molar-refractivity contribution is -0.318. The third-order valence-corrected chi connectivity index (χ3v) is 12.9. The fraction of sp³-hybridized carbons (Fsp3) is 0.952. The first-order chi connectivity index (χ1) is 25.6. The van der Waals surface area contributed by atoms with Crippen LogP contribution in [0.25, 0.3) is 0 Å². The van der Waals surface area contributed by atoms with Gasteiger partial charge in [0.15, 0.2) is 12.6 Å². The Bertz CT molecular complexity index is 1290. The Kier molecular flexibility index (Phi) is 16.6. The van der Waals surface area contributed by atoms with Crippen molar-refractivity contribution in [1.82, 2.24) is 4.90 Å². The number of methoxy groups -OCH3 is 1. The average Bonchev–Trinajstić information content (AvgIpc) is 3.11. The molecular formula is C42H77NO13. The minimum Gasteiger partial charge on any atom is -0.459 e. The van der Waals surface area contributed by atoms with E-state index in [0.717, 1.165) is 13.0 Å². The minimum absolute atomic E-state index is 0.0751.